The first-order valence-corrected chi connectivity index (χ1v) is 11.9. The predicted octanol–water partition coefficient (Wildman–Crippen LogP) is 5.38. The largest absolute Gasteiger partial charge is 0.496 e. The SMILES string of the molecule is C#CCOc1c(C=Nn2c(-c3cc4c(OC)cccc4o3)nc3ccccc3c2=O)cc(Br)cc1[N+](=O)[O-]. The molecule has 0 spiro atoms. The lowest BCUT2D eigenvalue weighted by Gasteiger charge is -2.09. The fraction of sp³-hybridized carbons (Fsp3) is 0.0741. The molecule has 188 valence electrons. The van der Waals surface area contributed by atoms with E-state index in [4.69, 9.17) is 20.3 Å². The Morgan fingerprint density at radius 1 is 1.21 bits per heavy atom. The maximum absolute atomic E-state index is 13.5. The van der Waals surface area contributed by atoms with Gasteiger partial charge in [0.1, 0.15) is 17.9 Å². The number of rotatable bonds is 7. The van der Waals surface area contributed by atoms with Crippen LogP contribution in [-0.2, 0) is 0 Å². The number of ether oxygens (including phenoxy) is 2. The zero-order valence-electron chi connectivity index (χ0n) is 19.8. The molecule has 0 N–H and O–H groups in total. The van der Waals surface area contributed by atoms with E-state index < -0.39 is 10.5 Å². The van der Waals surface area contributed by atoms with E-state index in [1.165, 1.54) is 12.3 Å². The van der Waals surface area contributed by atoms with Gasteiger partial charge in [0, 0.05) is 16.1 Å². The molecule has 38 heavy (non-hydrogen) atoms. The standard InChI is InChI=1S/C27H17BrN4O6/c1-3-11-37-25-16(12-17(28)13-21(25)32(34)35)15-29-31-26(30-20-8-5-4-7-18(20)27(31)33)24-14-19-22(36-2)9-6-10-23(19)38-24/h1,4-10,12-15H,11H2,2H3. The molecule has 0 aliphatic carbocycles. The number of furan rings is 1. The van der Waals surface area contributed by atoms with Crippen LogP contribution in [0.15, 0.2) is 79.4 Å². The van der Waals surface area contributed by atoms with Gasteiger partial charge in [0.15, 0.2) is 5.76 Å². The highest BCUT2D eigenvalue weighted by Crippen LogP contribution is 2.35. The molecule has 10 nitrogen and oxygen atoms in total. The number of nitrogens with zero attached hydrogens (tertiary/aromatic N) is 4. The molecule has 0 saturated heterocycles. The Balaban J connectivity index is 1.74. The van der Waals surface area contributed by atoms with Gasteiger partial charge in [-0.3, -0.25) is 14.9 Å². The molecule has 0 aliphatic heterocycles. The third kappa shape index (κ3) is 4.49. The van der Waals surface area contributed by atoms with Crippen molar-refractivity contribution in [1.29, 1.82) is 0 Å². The normalized spacial score (nSPS) is 11.2. The molecule has 5 aromatic rings. The Hall–Kier alpha value is -4.95. The molecule has 5 rings (SSSR count). The van der Waals surface area contributed by atoms with Crippen molar-refractivity contribution in [3.8, 4) is 35.4 Å². The van der Waals surface area contributed by atoms with Crippen molar-refractivity contribution in [2.45, 2.75) is 0 Å². The minimum absolute atomic E-state index is 0.0864. The van der Waals surface area contributed by atoms with Crippen LogP contribution < -0.4 is 15.0 Å². The van der Waals surface area contributed by atoms with Gasteiger partial charge in [0.05, 0.1) is 34.5 Å². The lowest BCUT2D eigenvalue weighted by Crippen LogP contribution is -2.20. The quantitative estimate of drug-likeness (QED) is 0.111. The topological polar surface area (TPSA) is 122 Å². The fourth-order valence-corrected chi connectivity index (χ4v) is 4.40. The van der Waals surface area contributed by atoms with E-state index in [1.54, 1.807) is 61.7 Å². The highest BCUT2D eigenvalue weighted by Gasteiger charge is 2.21. The molecule has 0 bridgehead atoms. The molecule has 0 atom stereocenters. The average molecular weight is 573 g/mol. The van der Waals surface area contributed by atoms with Gasteiger partial charge < -0.3 is 13.9 Å². The van der Waals surface area contributed by atoms with Crippen LogP contribution in [0, 0.1) is 22.5 Å². The number of aromatic nitrogens is 2. The summed E-state index contributed by atoms with van der Waals surface area (Å²) in [5.41, 5.74) is 0.417. The first-order chi connectivity index (χ1) is 18.4. The molecule has 0 aliphatic rings. The van der Waals surface area contributed by atoms with Crippen LogP contribution in [0.1, 0.15) is 5.56 Å². The number of terminal acetylenes is 1. The third-order valence-electron chi connectivity index (χ3n) is 5.59. The van der Waals surface area contributed by atoms with E-state index in [0.29, 0.717) is 32.1 Å². The van der Waals surface area contributed by atoms with Crippen LogP contribution in [0.2, 0.25) is 0 Å². The minimum atomic E-state index is -0.592. The second kappa shape index (κ2) is 10.2. The van der Waals surface area contributed by atoms with Crippen molar-refractivity contribution < 1.29 is 18.8 Å². The third-order valence-corrected chi connectivity index (χ3v) is 6.05. The van der Waals surface area contributed by atoms with Crippen LogP contribution in [-0.4, -0.2) is 34.5 Å². The van der Waals surface area contributed by atoms with E-state index in [-0.39, 0.29) is 35.2 Å². The number of methoxy groups -OCH3 is 1. The van der Waals surface area contributed by atoms with Gasteiger partial charge in [-0.2, -0.15) is 9.78 Å². The fourth-order valence-electron chi connectivity index (χ4n) is 3.94. The van der Waals surface area contributed by atoms with Gasteiger partial charge in [-0.05, 0) is 36.4 Å². The zero-order chi connectivity index (χ0) is 26.8. The van der Waals surface area contributed by atoms with Crippen LogP contribution in [0.3, 0.4) is 0 Å². The van der Waals surface area contributed by atoms with Crippen molar-refractivity contribution in [1.82, 2.24) is 9.66 Å². The lowest BCUT2D eigenvalue weighted by atomic mass is 10.2. The summed E-state index contributed by atoms with van der Waals surface area (Å²) in [6.45, 7) is -0.202. The number of hydrogen-bond acceptors (Lipinski definition) is 8. The van der Waals surface area contributed by atoms with Gasteiger partial charge in [-0.25, -0.2) is 4.98 Å². The van der Waals surface area contributed by atoms with E-state index >= 15 is 0 Å². The molecule has 0 saturated carbocycles. The maximum atomic E-state index is 13.5. The maximum Gasteiger partial charge on any atom is 0.312 e. The number of nitro groups is 1. The molecule has 2 aromatic heterocycles. The monoisotopic (exact) mass is 572 g/mol. The summed E-state index contributed by atoms with van der Waals surface area (Å²) in [5, 5.41) is 17.1. The van der Waals surface area contributed by atoms with Crippen molar-refractivity contribution in [3.05, 3.63) is 91.2 Å². The Morgan fingerprint density at radius 2 is 2.03 bits per heavy atom. The van der Waals surface area contributed by atoms with E-state index in [0.717, 1.165) is 4.68 Å². The van der Waals surface area contributed by atoms with Crippen molar-refractivity contribution >= 4 is 49.7 Å². The summed E-state index contributed by atoms with van der Waals surface area (Å²) < 4.78 is 18.4. The highest BCUT2D eigenvalue weighted by atomic mass is 79.9. The Kier molecular flexibility index (Phi) is 6.64. The molecule has 0 fully saturated rings. The number of para-hydroxylation sites is 1. The predicted molar refractivity (Wildman–Crippen MR) is 146 cm³/mol. The van der Waals surface area contributed by atoms with Gasteiger partial charge in [-0.1, -0.05) is 40.0 Å². The number of halogens is 1. The minimum Gasteiger partial charge on any atom is -0.496 e. The van der Waals surface area contributed by atoms with Crippen LogP contribution in [0.5, 0.6) is 11.5 Å². The van der Waals surface area contributed by atoms with Crippen LogP contribution in [0.4, 0.5) is 5.69 Å². The summed E-state index contributed by atoms with van der Waals surface area (Å²) in [4.78, 5) is 29.3. The lowest BCUT2D eigenvalue weighted by molar-refractivity contribution is -0.385. The molecule has 0 unspecified atom stereocenters. The molecule has 0 amide bonds. The number of nitro benzene ring substituents is 1. The average Bonchev–Trinajstić information content (AvgIpc) is 3.36. The second-order valence-corrected chi connectivity index (χ2v) is 8.81. The molecular weight excluding hydrogens is 556 g/mol. The Labute approximate surface area is 223 Å². The number of fused-ring (bicyclic) bond motifs is 2. The van der Waals surface area contributed by atoms with E-state index in [1.807, 2.05) is 0 Å². The van der Waals surface area contributed by atoms with Gasteiger partial charge in [-0.15, -0.1) is 6.42 Å². The molecule has 0 radical (unpaired) electrons. The van der Waals surface area contributed by atoms with Gasteiger partial charge in [0.2, 0.25) is 11.6 Å². The van der Waals surface area contributed by atoms with Gasteiger partial charge in [0.25, 0.3) is 5.56 Å². The summed E-state index contributed by atoms with van der Waals surface area (Å²) in [7, 11) is 1.55. The first-order valence-electron chi connectivity index (χ1n) is 11.1. The van der Waals surface area contributed by atoms with Crippen molar-refractivity contribution in [2.75, 3.05) is 13.7 Å². The molecule has 2 heterocycles. The molecule has 3 aromatic carbocycles. The van der Waals surface area contributed by atoms with E-state index in [9.17, 15) is 14.9 Å². The number of hydrogen-bond donors (Lipinski definition) is 0. The summed E-state index contributed by atoms with van der Waals surface area (Å²) in [6.07, 6.45) is 6.57. The molecular formula is C27H17BrN4O6. The second-order valence-electron chi connectivity index (χ2n) is 7.89. The van der Waals surface area contributed by atoms with Gasteiger partial charge >= 0.3 is 5.69 Å². The number of benzene rings is 3. The first kappa shape index (κ1) is 24.7. The van der Waals surface area contributed by atoms with Crippen LogP contribution in [0.25, 0.3) is 33.5 Å². The zero-order valence-corrected chi connectivity index (χ0v) is 21.3. The van der Waals surface area contributed by atoms with E-state index in [2.05, 4.69) is 31.9 Å². The highest BCUT2D eigenvalue weighted by molar-refractivity contribution is 9.10. The smallest absolute Gasteiger partial charge is 0.312 e. The summed E-state index contributed by atoms with van der Waals surface area (Å²) >= 11 is 3.27. The Morgan fingerprint density at radius 3 is 2.79 bits per heavy atom. The summed E-state index contributed by atoms with van der Waals surface area (Å²) in [5.74, 6) is 3.19. The van der Waals surface area contributed by atoms with Crippen molar-refractivity contribution in [2.24, 2.45) is 5.10 Å². The summed E-state index contributed by atoms with van der Waals surface area (Å²) in [6, 6.07) is 16.7. The Bertz CT molecular complexity index is 1850. The van der Waals surface area contributed by atoms with Crippen LogP contribution >= 0.6 is 15.9 Å². The van der Waals surface area contributed by atoms with Crippen molar-refractivity contribution in [3.63, 3.8) is 0 Å². The molecule has 11 heteroatoms.